The number of thiophene rings is 1. The molecule has 1 saturated carbocycles. The quantitative estimate of drug-likeness (QED) is 0.320. The number of nitrogens with two attached hydrogens (primary N) is 1. The smallest absolute Gasteiger partial charge is 0.326 e. The molecule has 4 amide bonds. The Balaban J connectivity index is 1.38. The van der Waals surface area contributed by atoms with Crippen molar-refractivity contribution in [2.75, 3.05) is 18.4 Å². The summed E-state index contributed by atoms with van der Waals surface area (Å²) >= 11 is 1.39. The monoisotopic (exact) mass is 478 g/mol. The molecule has 1 aliphatic carbocycles. The van der Waals surface area contributed by atoms with Crippen LogP contribution in [-0.4, -0.2) is 62.5 Å². The molecule has 12 heteroatoms. The van der Waals surface area contributed by atoms with Crippen molar-refractivity contribution in [3.05, 3.63) is 40.5 Å². The number of urea groups is 1. The standard InChI is InChI=1S/C22H22N8O3S/c23-12-5-6-29(10-12)21(32)17-4-3-16(34-17)14-8-18(25-13-1-2-13)30-19(26-14)11(9-24-30)7-15-20(31)28-22(33)27-15/h3-4,7-9,12-13,25H,1-2,5-6,10,23H2,(H2,27,28,31,33)/b15-7-/t12-/m1/s1. The van der Waals surface area contributed by atoms with Crippen LogP contribution in [0.1, 0.15) is 34.5 Å². The van der Waals surface area contributed by atoms with Crippen LogP contribution >= 0.6 is 11.3 Å². The number of amides is 4. The molecule has 0 radical (unpaired) electrons. The maximum absolute atomic E-state index is 12.9. The summed E-state index contributed by atoms with van der Waals surface area (Å²) in [6, 6.07) is 5.49. The van der Waals surface area contributed by atoms with Crippen LogP contribution in [-0.2, 0) is 4.79 Å². The van der Waals surface area contributed by atoms with Crippen LogP contribution in [0.2, 0.25) is 0 Å². The number of likely N-dealkylation sites (tertiary alicyclic amines) is 1. The topological polar surface area (TPSA) is 147 Å². The Morgan fingerprint density at radius 1 is 1.24 bits per heavy atom. The molecule has 5 heterocycles. The zero-order valence-electron chi connectivity index (χ0n) is 18.1. The zero-order valence-corrected chi connectivity index (χ0v) is 18.9. The van der Waals surface area contributed by atoms with Crippen molar-refractivity contribution < 1.29 is 14.4 Å². The average molecular weight is 479 g/mol. The number of anilines is 1. The summed E-state index contributed by atoms with van der Waals surface area (Å²) < 4.78 is 1.69. The first kappa shape index (κ1) is 20.8. The van der Waals surface area contributed by atoms with Gasteiger partial charge in [0, 0.05) is 36.8 Å². The minimum Gasteiger partial charge on any atom is -0.367 e. The number of carbonyl (C=O) groups excluding carboxylic acids is 3. The third-order valence-corrected chi connectivity index (χ3v) is 7.13. The molecular formula is C22H22N8O3S. The van der Waals surface area contributed by atoms with E-state index in [9.17, 15) is 14.4 Å². The van der Waals surface area contributed by atoms with Gasteiger partial charge in [0.15, 0.2) is 5.65 Å². The molecule has 3 aromatic heterocycles. The van der Waals surface area contributed by atoms with Gasteiger partial charge >= 0.3 is 6.03 Å². The summed E-state index contributed by atoms with van der Waals surface area (Å²) in [6.45, 7) is 1.24. The Labute approximate surface area is 198 Å². The lowest BCUT2D eigenvalue weighted by Gasteiger charge is -2.14. The SMILES string of the molecule is N[C@@H]1CCN(C(=O)c2ccc(-c3cc(NC4CC4)n4ncc(/C=C5\NC(=O)NC5=O)c4n3)s2)C1. The highest BCUT2D eigenvalue weighted by Crippen LogP contribution is 2.33. The molecule has 34 heavy (non-hydrogen) atoms. The van der Waals surface area contributed by atoms with Gasteiger partial charge in [0.25, 0.3) is 11.8 Å². The molecular weight excluding hydrogens is 456 g/mol. The van der Waals surface area contributed by atoms with E-state index in [0.717, 1.165) is 30.0 Å². The second-order valence-electron chi connectivity index (χ2n) is 8.71. The summed E-state index contributed by atoms with van der Waals surface area (Å²) in [6.07, 6.45) is 6.14. The molecule has 5 N–H and O–H groups in total. The van der Waals surface area contributed by atoms with Crippen molar-refractivity contribution in [3.8, 4) is 10.6 Å². The van der Waals surface area contributed by atoms with Gasteiger partial charge in [-0.2, -0.15) is 9.61 Å². The van der Waals surface area contributed by atoms with Crippen LogP contribution in [0.25, 0.3) is 22.3 Å². The number of imide groups is 1. The lowest BCUT2D eigenvalue weighted by atomic mass is 10.2. The highest BCUT2D eigenvalue weighted by atomic mass is 32.1. The van der Waals surface area contributed by atoms with E-state index in [1.165, 1.54) is 11.3 Å². The van der Waals surface area contributed by atoms with E-state index in [-0.39, 0.29) is 17.6 Å². The first-order valence-electron chi connectivity index (χ1n) is 11.1. The van der Waals surface area contributed by atoms with Crippen LogP contribution in [0.5, 0.6) is 0 Å². The Morgan fingerprint density at radius 3 is 2.79 bits per heavy atom. The molecule has 3 aliphatic rings. The minimum absolute atomic E-state index is 0.0145. The van der Waals surface area contributed by atoms with Crippen LogP contribution in [0, 0.1) is 0 Å². The molecule has 6 rings (SSSR count). The van der Waals surface area contributed by atoms with E-state index in [1.807, 2.05) is 18.2 Å². The molecule has 2 aliphatic heterocycles. The number of rotatable bonds is 5. The third kappa shape index (κ3) is 3.80. The molecule has 1 atom stereocenters. The predicted octanol–water partition coefficient (Wildman–Crippen LogP) is 1.39. The van der Waals surface area contributed by atoms with Gasteiger partial charge in [0.1, 0.15) is 11.5 Å². The molecule has 3 fully saturated rings. The van der Waals surface area contributed by atoms with Gasteiger partial charge in [0.2, 0.25) is 0 Å². The number of hydrogen-bond donors (Lipinski definition) is 4. The summed E-state index contributed by atoms with van der Waals surface area (Å²) in [4.78, 5) is 44.4. The highest BCUT2D eigenvalue weighted by Gasteiger charge is 2.27. The highest BCUT2D eigenvalue weighted by molar-refractivity contribution is 7.17. The number of carbonyl (C=O) groups is 3. The van der Waals surface area contributed by atoms with E-state index >= 15 is 0 Å². The molecule has 0 bridgehead atoms. The number of aromatic nitrogens is 3. The van der Waals surface area contributed by atoms with E-state index in [1.54, 1.807) is 21.7 Å². The zero-order chi connectivity index (χ0) is 23.4. The van der Waals surface area contributed by atoms with E-state index < -0.39 is 11.9 Å². The fourth-order valence-electron chi connectivity index (χ4n) is 4.10. The second-order valence-corrected chi connectivity index (χ2v) is 9.79. The fourth-order valence-corrected chi connectivity index (χ4v) is 5.04. The molecule has 3 aromatic rings. The molecule has 0 spiro atoms. The van der Waals surface area contributed by atoms with Crippen LogP contribution in [0.15, 0.2) is 30.1 Å². The summed E-state index contributed by atoms with van der Waals surface area (Å²) in [7, 11) is 0. The van der Waals surface area contributed by atoms with Crippen molar-refractivity contribution in [2.24, 2.45) is 5.73 Å². The molecule has 174 valence electrons. The van der Waals surface area contributed by atoms with Gasteiger partial charge in [-0.05, 0) is 37.5 Å². The van der Waals surface area contributed by atoms with Crippen molar-refractivity contribution in [1.82, 2.24) is 30.1 Å². The number of nitrogens with one attached hydrogen (secondary N) is 3. The van der Waals surface area contributed by atoms with Gasteiger partial charge in [0.05, 0.1) is 21.6 Å². The number of hydrogen-bond acceptors (Lipinski definition) is 8. The van der Waals surface area contributed by atoms with Gasteiger partial charge in [-0.1, -0.05) is 0 Å². The summed E-state index contributed by atoms with van der Waals surface area (Å²) in [5, 5.41) is 12.6. The first-order chi connectivity index (χ1) is 16.4. The molecule has 0 unspecified atom stereocenters. The van der Waals surface area contributed by atoms with E-state index in [0.29, 0.717) is 40.9 Å². The minimum atomic E-state index is -0.563. The first-order valence-corrected chi connectivity index (χ1v) is 11.9. The van der Waals surface area contributed by atoms with Crippen molar-refractivity contribution in [1.29, 1.82) is 0 Å². The second kappa shape index (κ2) is 7.92. The van der Waals surface area contributed by atoms with Crippen molar-refractivity contribution in [3.63, 3.8) is 0 Å². The largest absolute Gasteiger partial charge is 0.367 e. The number of nitrogens with zero attached hydrogens (tertiary/aromatic N) is 4. The van der Waals surface area contributed by atoms with Gasteiger partial charge in [-0.25, -0.2) is 9.78 Å². The summed E-state index contributed by atoms with van der Waals surface area (Å²) in [5.41, 5.74) is 7.92. The van der Waals surface area contributed by atoms with E-state index in [4.69, 9.17) is 10.7 Å². The molecule has 2 saturated heterocycles. The van der Waals surface area contributed by atoms with Crippen LogP contribution in [0.4, 0.5) is 10.6 Å². The fraction of sp³-hybridized carbons (Fsp3) is 0.318. The maximum Gasteiger partial charge on any atom is 0.326 e. The van der Waals surface area contributed by atoms with Gasteiger partial charge in [-0.3, -0.25) is 14.9 Å². The molecule has 11 nitrogen and oxygen atoms in total. The Hall–Kier alpha value is -3.77. The number of fused-ring (bicyclic) bond motifs is 1. The van der Waals surface area contributed by atoms with Crippen LogP contribution < -0.4 is 21.7 Å². The van der Waals surface area contributed by atoms with Crippen LogP contribution in [0.3, 0.4) is 0 Å². The summed E-state index contributed by atoms with van der Waals surface area (Å²) in [5.74, 6) is 0.262. The van der Waals surface area contributed by atoms with Gasteiger partial charge in [-0.15, -0.1) is 11.3 Å². The third-order valence-electron chi connectivity index (χ3n) is 6.03. The Kier molecular flexibility index (Phi) is 4.85. The lowest BCUT2D eigenvalue weighted by molar-refractivity contribution is -0.115. The Bertz CT molecular complexity index is 1370. The van der Waals surface area contributed by atoms with Crippen molar-refractivity contribution in [2.45, 2.75) is 31.3 Å². The average Bonchev–Trinajstić information content (AvgIpc) is 3.18. The predicted molar refractivity (Wildman–Crippen MR) is 126 cm³/mol. The normalized spacial score (nSPS) is 21.4. The molecule has 0 aromatic carbocycles. The maximum atomic E-state index is 12.9. The Morgan fingerprint density at radius 2 is 2.09 bits per heavy atom. The lowest BCUT2D eigenvalue weighted by Crippen LogP contribution is -2.31. The van der Waals surface area contributed by atoms with Gasteiger partial charge < -0.3 is 21.3 Å². The van der Waals surface area contributed by atoms with Crippen molar-refractivity contribution >= 4 is 46.7 Å². The van der Waals surface area contributed by atoms with E-state index in [2.05, 4.69) is 21.0 Å².